The molecule has 1 unspecified atom stereocenters. The van der Waals surface area contributed by atoms with Crippen LogP contribution in [0, 0.1) is 0 Å². The second-order valence-electron chi connectivity index (χ2n) is 2.82. The van der Waals surface area contributed by atoms with Crippen LogP contribution < -0.4 is 0 Å². The highest BCUT2D eigenvalue weighted by molar-refractivity contribution is 4.47. The first kappa shape index (κ1) is 9.96. The van der Waals surface area contributed by atoms with Crippen molar-refractivity contribution in [3.8, 4) is 0 Å². The van der Waals surface area contributed by atoms with Crippen molar-refractivity contribution in [2.24, 2.45) is 0 Å². The molecular weight excluding hydrogens is 124 g/mol. The highest BCUT2D eigenvalue weighted by atomic mass is 16.5. The Morgan fingerprint density at radius 1 is 1.20 bits per heavy atom. The molecule has 0 N–H and O–H groups in total. The van der Waals surface area contributed by atoms with Gasteiger partial charge in [-0.1, -0.05) is 26.7 Å². The lowest BCUT2D eigenvalue weighted by molar-refractivity contribution is 0.0579. The molecule has 0 radical (unpaired) electrons. The van der Waals surface area contributed by atoms with Crippen molar-refractivity contribution in [1.82, 2.24) is 0 Å². The van der Waals surface area contributed by atoms with Crippen molar-refractivity contribution in [1.29, 1.82) is 0 Å². The molecular formula is C9H20O. The van der Waals surface area contributed by atoms with E-state index in [0.717, 1.165) is 6.61 Å². The maximum atomic E-state index is 5.52. The minimum Gasteiger partial charge on any atom is -0.379 e. The molecule has 0 rings (SSSR count). The first-order valence-corrected chi connectivity index (χ1v) is 4.42. The van der Waals surface area contributed by atoms with E-state index in [2.05, 4.69) is 20.8 Å². The van der Waals surface area contributed by atoms with Crippen LogP contribution >= 0.6 is 0 Å². The van der Waals surface area contributed by atoms with Gasteiger partial charge in [0.05, 0.1) is 6.10 Å². The summed E-state index contributed by atoms with van der Waals surface area (Å²) in [6.07, 6.45) is 5.33. The summed E-state index contributed by atoms with van der Waals surface area (Å²) in [6.45, 7) is 7.48. The van der Waals surface area contributed by atoms with Crippen LogP contribution in [0.25, 0.3) is 0 Å². The average Bonchev–Trinajstić information content (AvgIpc) is 1.89. The Kier molecular flexibility index (Phi) is 7.04. The fourth-order valence-electron chi connectivity index (χ4n) is 0.919. The zero-order valence-electron chi connectivity index (χ0n) is 7.52. The van der Waals surface area contributed by atoms with E-state index < -0.39 is 0 Å². The number of hydrogen-bond donors (Lipinski definition) is 0. The molecule has 0 aromatic carbocycles. The molecule has 0 aliphatic heterocycles. The first-order chi connectivity index (χ1) is 4.81. The van der Waals surface area contributed by atoms with Crippen molar-refractivity contribution in [2.75, 3.05) is 6.61 Å². The van der Waals surface area contributed by atoms with Gasteiger partial charge in [0.25, 0.3) is 0 Å². The van der Waals surface area contributed by atoms with E-state index in [4.69, 9.17) is 4.74 Å². The van der Waals surface area contributed by atoms with E-state index in [-0.39, 0.29) is 0 Å². The zero-order valence-corrected chi connectivity index (χ0v) is 7.52. The van der Waals surface area contributed by atoms with Gasteiger partial charge in [0, 0.05) is 6.61 Å². The molecule has 62 valence electrons. The van der Waals surface area contributed by atoms with Crippen LogP contribution in [0.5, 0.6) is 0 Å². The van der Waals surface area contributed by atoms with Gasteiger partial charge in [0.2, 0.25) is 0 Å². The van der Waals surface area contributed by atoms with Crippen molar-refractivity contribution in [2.45, 2.75) is 52.6 Å². The topological polar surface area (TPSA) is 9.23 Å². The molecule has 0 bridgehead atoms. The molecule has 0 saturated carbocycles. The third-order valence-electron chi connectivity index (χ3n) is 1.60. The Morgan fingerprint density at radius 2 is 1.90 bits per heavy atom. The lowest BCUT2D eigenvalue weighted by Gasteiger charge is -2.10. The van der Waals surface area contributed by atoms with Gasteiger partial charge >= 0.3 is 0 Å². The second-order valence-corrected chi connectivity index (χ2v) is 2.82. The number of hydrogen-bond acceptors (Lipinski definition) is 1. The van der Waals surface area contributed by atoms with E-state index in [1.807, 2.05) is 0 Å². The van der Waals surface area contributed by atoms with Gasteiger partial charge in [-0.3, -0.25) is 0 Å². The summed E-state index contributed by atoms with van der Waals surface area (Å²) in [5.74, 6) is 0. The van der Waals surface area contributed by atoms with Gasteiger partial charge in [-0.15, -0.1) is 0 Å². The fraction of sp³-hybridized carbons (Fsp3) is 1.00. The molecule has 0 heterocycles. The third kappa shape index (κ3) is 6.09. The maximum absolute atomic E-state index is 5.52. The standard InChI is InChI=1S/C9H20O/c1-4-6-8-10-9(3)7-5-2/h9H,4-8H2,1-3H3. The molecule has 1 nitrogen and oxygen atoms in total. The minimum absolute atomic E-state index is 0.469. The van der Waals surface area contributed by atoms with Gasteiger partial charge in [-0.05, 0) is 19.8 Å². The Bertz CT molecular complexity index is 61.7. The summed E-state index contributed by atoms with van der Waals surface area (Å²) in [6, 6.07) is 0. The highest BCUT2D eigenvalue weighted by Crippen LogP contribution is 2.01. The number of ether oxygens (including phenoxy) is 1. The average molecular weight is 144 g/mol. The van der Waals surface area contributed by atoms with Crippen LogP contribution in [0.3, 0.4) is 0 Å². The lowest BCUT2D eigenvalue weighted by atomic mass is 10.2. The largest absolute Gasteiger partial charge is 0.379 e. The first-order valence-electron chi connectivity index (χ1n) is 4.42. The summed E-state index contributed by atoms with van der Waals surface area (Å²) in [5.41, 5.74) is 0. The summed E-state index contributed by atoms with van der Waals surface area (Å²) in [5, 5.41) is 0. The lowest BCUT2D eigenvalue weighted by Crippen LogP contribution is -2.08. The van der Waals surface area contributed by atoms with Crippen molar-refractivity contribution in [3.63, 3.8) is 0 Å². The Morgan fingerprint density at radius 3 is 2.40 bits per heavy atom. The smallest absolute Gasteiger partial charge is 0.0546 e. The predicted octanol–water partition coefficient (Wildman–Crippen LogP) is 2.99. The van der Waals surface area contributed by atoms with Crippen LogP contribution in [0.15, 0.2) is 0 Å². The molecule has 0 aliphatic rings. The molecule has 1 heteroatoms. The SMILES string of the molecule is CCCCOC(C)CCC. The number of rotatable bonds is 6. The van der Waals surface area contributed by atoms with Crippen molar-refractivity contribution in [3.05, 3.63) is 0 Å². The van der Waals surface area contributed by atoms with E-state index in [9.17, 15) is 0 Å². The minimum atomic E-state index is 0.469. The molecule has 0 fully saturated rings. The molecule has 0 spiro atoms. The Labute approximate surface area is 64.8 Å². The molecule has 0 aliphatic carbocycles. The van der Waals surface area contributed by atoms with Crippen LogP contribution in [0.2, 0.25) is 0 Å². The van der Waals surface area contributed by atoms with E-state index in [1.54, 1.807) is 0 Å². The summed E-state index contributed by atoms with van der Waals surface area (Å²) < 4.78 is 5.52. The van der Waals surface area contributed by atoms with Gasteiger partial charge in [0.15, 0.2) is 0 Å². The summed E-state index contributed by atoms with van der Waals surface area (Å²) in [4.78, 5) is 0. The number of unbranched alkanes of at least 4 members (excludes halogenated alkanes) is 1. The maximum Gasteiger partial charge on any atom is 0.0546 e. The third-order valence-corrected chi connectivity index (χ3v) is 1.60. The van der Waals surface area contributed by atoms with Gasteiger partial charge in [0.1, 0.15) is 0 Å². The van der Waals surface area contributed by atoms with Gasteiger partial charge < -0.3 is 4.74 Å². The fourth-order valence-corrected chi connectivity index (χ4v) is 0.919. The predicted molar refractivity (Wildman–Crippen MR) is 45.2 cm³/mol. The van der Waals surface area contributed by atoms with E-state index >= 15 is 0 Å². The molecule has 0 aromatic rings. The van der Waals surface area contributed by atoms with Crippen molar-refractivity contribution >= 4 is 0 Å². The highest BCUT2D eigenvalue weighted by Gasteiger charge is 1.97. The van der Waals surface area contributed by atoms with Crippen LogP contribution in [0.4, 0.5) is 0 Å². The molecule has 1 atom stereocenters. The van der Waals surface area contributed by atoms with E-state index in [0.29, 0.717) is 6.10 Å². The van der Waals surface area contributed by atoms with Crippen LogP contribution in [-0.4, -0.2) is 12.7 Å². The summed E-state index contributed by atoms with van der Waals surface area (Å²) >= 11 is 0. The van der Waals surface area contributed by atoms with Gasteiger partial charge in [-0.25, -0.2) is 0 Å². The normalized spacial score (nSPS) is 13.5. The quantitative estimate of drug-likeness (QED) is 0.521. The second kappa shape index (κ2) is 7.07. The monoisotopic (exact) mass is 144 g/mol. The van der Waals surface area contributed by atoms with Crippen LogP contribution in [-0.2, 0) is 4.74 Å². The summed E-state index contributed by atoms with van der Waals surface area (Å²) in [7, 11) is 0. The van der Waals surface area contributed by atoms with Gasteiger partial charge in [-0.2, -0.15) is 0 Å². The molecule has 10 heavy (non-hydrogen) atoms. The van der Waals surface area contributed by atoms with Crippen molar-refractivity contribution < 1.29 is 4.74 Å². The Balaban J connectivity index is 2.97. The zero-order chi connectivity index (χ0) is 7.82. The Hall–Kier alpha value is -0.0400. The molecule has 0 amide bonds. The molecule has 0 aromatic heterocycles. The molecule has 0 saturated heterocycles. The van der Waals surface area contributed by atoms with Crippen LogP contribution in [0.1, 0.15) is 46.5 Å². The van der Waals surface area contributed by atoms with E-state index in [1.165, 1.54) is 25.7 Å².